The van der Waals surface area contributed by atoms with Gasteiger partial charge in [-0.05, 0) is 30.2 Å². The fourth-order valence-electron chi connectivity index (χ4n) is 3.50. The molecule has 2 aliphatic rings. The summed E-state index contributed by atoms with van der Waals surface area (Å²) in [5, 5.41) is 7.11. The first-order valence-electron chi connectivity index (χ1n) is 8.55. The van der Waals surface area contributed by atoms with Crippen LogP contribution < -0.4 is 9.47 Å². The first-order valence-corrected chi connectivity index (χ1v) is 9.94. The van der Waals surface area contributed by atoms with Gasteiger partial charge < -0.3 is 9.47 Å². The van der Waals surface area contributed by atoms with Crippen molar-refractivity contribution in [2.75, 3.05) is 19.1 Å². The Morgan fingerprint density at radius 1 is 1.24 bits per heavy atom. The molecule has 0 radical (unpaired) electrons. The standard InChI is InChI=1S/C20H22N2O2S/c1-23-15-7-5-6-14(12-15)17-13-18-16-8-3-4-9-19(16)24-20(10-11-25-2)22(18)21-17/h3-9,12,18,20H,10-11,13H2,1-2H3/t18-,20+/m0/s1. The number of thioether (sulfide) groups is 1. The van der Waals surface area contributed by atoms with Crippen molar-refractivity contribution in [3.63, 3.8) is 0 Å². The second kappa shape index (κ2) is 7.00. The normalized spacial score (nSPS) is 21.2. The Kier molecular flexibility index (Phi) is 4.57. The molecule has 0 N–H and O–H groups in total. The molecule has 0 amide bonds. The van der Waals surface area contributed by atoms with Gasteiger partial charge in [0.1, 0.15) is 11.5 Å². The zero-order valence-corrected chi connectivity index (χ0v) is 15.3. The Bertz CT molecular complexity index is 793. The maximum Gasteiger partial charge on any atom is 0.188 e. The number of hydrazone groups is 1. The first kappa shape index (κ1) is 16.3. The number of hydrogen-bond acceptors (Lipinski definition) is 5. The Morgan fingerprint density at radius 2 is 2.12 bits per heavy atom. The highest BCUT2D eigenvalue weighted by Gasteiger charge is 2.39. The third-order valence-electron chi connectivity index (χ3n) is 4.75. The molecule has 2 aliphatic heterocycles. The highest BCUT2D eigenvalue weighted by atomic mass is 32.2. The molecule has 0 bridgehead atoms. The zero-order valence-electron chi connectivity index (χ0n) is 14.5. The topological polar surface area (TPSA) is 34.1 Å². The largest absolute Gasteiger partial charge is 0.497 e. The van der Waals surface area contributed by atoms with Crippen molar-refractivity contribution in [2.45, 2.75) is 25.1 Å². The molecule has 0 aromatic heterocycles. The second-order valence-corrected chi connectivity index (χ2v) is 7.26. The predicted octanol–water partition coefficient (Wildman–Crippen LogP) is 4.32. The maximum atomic E-state index is 6.26. The molecule has 0 unspecified atom stereocenters. The Labute approximate surface area is 152 Å². The number of ether oxygens (including phenoxy) is 2. The van der Waals surface area contributed by atoms with E-state index in [1.807, 2.05) is 30.0 Å². The highest BCUT2D eigenvalue weighted by molar-refractivity contribution is 7.98. The van der Waals surface area contributed by atoms with E-state index in [-0.39, 0.29) is 12.3 Å². The monoisotopic (exact) mass is 354 g/mol. The van der Waals surface area contributed by atoms with Crippen molar-refractivity contribution >= 4 is 17.5 Å². The van der Waals surface area contributed by atoms with Crippen LogP contribution in [0.25, 0.3) is 0 Å². The molecule has 2 heterocycles. The third-order valence-corrected chi connectivity index (χ3v) is 5.39. The molecule has 5 heteroatoms. The first-order chi connectivity index (χ1) is 12.3. The maximum absolute atomic E-state index is 6.26. The average Bonchev–Trinajstić information content (AvgIpc) is 3.12. The van der Waals surface area contributed by atoms with Gasteiger partial charge >= 0.3 is 0 Å². The molecule has 2 aromatic rings. The van der Waals surface area contributed by atoms with Gasteiger partial charge in [-0.3, -0.25) is 5.01 Å². The second-order valence-electron chi connectivity index (χ2n) is 6.27. The Balaban J connectivity index is 1.68. The summed E-state index contributed by atoms with van der Waals surface area (Å²) in [7, 11) is 1.70. The summed E-state index contributed by atoms with van der Waals surface area (Å²) in [6, 6.07) is 16.7. The molecule has 0 aliphatic carbocycles. The van der Waals surface area contributed by atoms with Gasteiger partial charge in [-0.15, -0.1) is 0 Å². The summed E-state index contributed by atoms with van der Waals surface area (Å²) < 4.78 is 11.6. The molecule has 4 rings (SSSR count). The minimum atomic E-state index is -0.00421. The van der Waals surface area contributed by atoms with Gasteiger partial charge in [-0.2, -0.15) is 16.9 Å². The molecule has 0 saturated heterocycles. The summed E-state index contributed by atoms with van der Waals surface area (Å²) >= 11 is 1.84. The molecule has 0 saturated carbocycles. The molecule has 0 spiro atoms. The van der Waals surface area contributed by atoms with E-state index >= 15 is 0 Å². The van der Waals surface area contributed by atoms with Gasteiger partial charge in [0.2, 0.25) is 0 Å². The van der Waals surface area contributed by atoms with Crippen molar-refractivity contribution in [3.05, 3.63) is 59.7 Å². The van der Waals surface area contributed by atoms with Crippen LogP contribution in [0, 0.1) is 0 Å². The van der Waals surface area contributed by atoms with Crippen LogP contribution >= 0.6 is 11.8 Å². The number of rotatable bonds is 5. The van der Waals surface area contributed by atoms with Crippen LogP contribution in [0.4, 0.5) is 0 Å². The number of fused-ring (bicyclic) bond motifs is 3. The molecule has 4 nitrogen and oxygen atoms in total. The lowest BCUT2D eigenvalue weighted by molar-refractivity contribution is -0.0180. The lowest BCUT2D eigenvalue weighted by Gasteiger charge is -2.38. The fraction of sp³-hybridized carbons (Fsp3) is 0.350. The van der Waals surface area contributed by atoms with E-state index in [1.165, 1.54) is 5.56 Å². The van der Waals surface area contributed by atoms with Gasteiger partial charge in [0.05, 0.1) is 18.9 Å². The Hall–Kier alpha value is -2.14. The minimum Gasteiger partial charge on any atom is -0.497 e. The van der Waals surface area contributed by atoms with Gasteiger partial charge in [-0.25, -0.2) is 0 Å². The van der Waals surface area contributed by atoms with Crippen LogP contribution in [-0.2, 0) is 0 Å². The van der Waals surface area contributed by atoms with E-state index < -0.39 is 0 Å². The van der Waals surface area contributed by atoms with Crippen LogP contribution in [0.3, 0.4) is 0 Å². The van der Waals surface area contributed by atoms with Gasteiger partial charge in [0.25, 0.3) is 0 Å². The molecule has 2 atom stereocenters. The molecular formula is C20H22N2O2S. The number of hydrogen-bond donors (Lipinski definition) is 0. The minimum absolute atomic E-state index is 0.00421. The van der Waals surface area contributed by atoms with Crippen molar-refractivity contribution in [3.8, 4) is 11.5 Å². The van der Waals surface area contributed by atoms with Crippen LogP contribution in [-0.4, -0.2) is 36.1 Å². The van der Waals surface area contributed by atoms with E-state index in [9.17, 15) is 0 Å². The summed E-state index contributed by atoms with van der Waals surface area (Å²) in [5.41, 5.74) is 3.44. The van der Waals surface area contributed by atoms with Crippen molar-refractivity contribution < 1.29 is 9.47 Å². The van der Waals surface area contributed by atoms with Crippen LogP contribution in [0.5, 0.6) is 11.5 Å². The van der Waals surface area contributed by atoms with Crippen molar-refractivity contribution in [1.29, 1.82) is 0 Å². The smallest absolute Gasteiger partial charge is 0.188 e. The van der Waals surface area contributed by atoms with Crippen molar-refractivity contribution in [1.82, 2.24) is 5.01 Å². The quantitative estimate of drug-likeness (QED) is 0.801. The van der Waals surface area contributed by atoms with E-state index in [2.05, 4.69) is 41.6 Å². The number of nitrogens with zero attached hydrogens (tertiary/aromatic N) is 2. The van der Waals surface area contributed by atoms with Crippen LogP contribution in [0.15, 0.2) is 53.6 Å². The lowest BCUT2D eigenvalue weighted by atomic mass is 9.96. The number of para-hydroxylation sites is 1. The van der Waals surface area contributed by atoms with Gasteiger partial charge in [-0.1, -0.05) is 30.3 Å². The average molecular weight is 354 g/mol. The SMILES string of the molecule is COc1cccc(C2=NN3[C@@H](CCSC)Oc4ccccc4[C@@H]3C2)c1. The Morgan fingerprint density at radius 3 is 2.96 bits per heavy atom. The molecular weight excluding hydrogens is 332 g/mol. The van der Waals surface area contributed by atoms with Crippen LogP contribution in [0.1, 0.15) is 30.0 Å². The zero-order chi connectivity index (χ0) is 17.2. The lowest BCUT2D eigenvalue weighted by Crippen LogP contribution is -2.40. The van der Waals surface area contributed by atoms with Crippen LogP contribution in [0.2, 0.25) is 0 Å². The van der Waals surface area contributed by atoms with E-state index in [0.717, 1.165) is 41.4 Å². The summed E-state index contributed by atoms with van der Waals surface area (Å²) in [6.07, 6.45) is 3.98. The van der Waals surface area contributed by atoms with Gasteiger partial charge in [0, 0.05) is 24.0 Å². The van der Waals surface area contributed by atoms with E-state index in [0.29, 0.717) is 0 Å². The third kappa shape index (κ3) is 3.09. The highest BCUT2D eigenvalue weighted by Crippen LogP contribution is 2.43. The number of benzene rings is 2. The number of methoxy groups -OCH3 is 1. The van der Waals surface area contributed by atoms with Crippen molar-refractivity contribution in [2.24, 2.45) is 5.10 Å². The van der Waals surface area contributed by atoms with Gasteiger partial charge in [0.15, 0.2) is 6.23 Å². The summed E-state index contributed by atoms with van der Waals surface area (Å²) in [6.45, 7) is 0. The summed E-state index contributed by atoms with van der Waals surface area (Å²) in [4.78, 5) is 0. The molecule has 0 fully saturated rings. The van der Waals surface area contributed by atoms with E-state index in [4.69, 9.17) is 14.6 Å². The summed E-state index contributed by atoms with van der Waals surface area (Å²) in [5.74, 6) is 2.91. The fourth-order valence-corrected chi connectivity index (χ4v) is 3.93. The molecule has 25 heavy (non-hydrogen) atoms. The van der Waals surface area contributed by atoms with E-state index in [1.54, 1.807) is 7.11 Å². The predicted molar refractivity (Wildman–Crippen MR) is 103 cm³/mol. The molecule has 2 aromatic carbocycles. The molecule has 130 valence electrons.